The molecule has 0 spiro atoms. The smallest absolute Gasteiger partial charge is 0.229 e. The highest BCUT2D eigenvalue weighted by Crippen LogP contribution is 2.24. The minimum absolute atomic E-state index is 0.0548. The highest BCUT2D eigenvalue weighted by atomic mass is 16.3. The summed E-state index contributed by atoms with van der Waals surface area (Å²) in [6.45, 7) is -1.40. The van der Waals surface area contributed by atoms with Gasteiger partial charge in [0.05, 0.1) is 37.9 Å². The second kappa shape index (κ2) is 15.2. The molecule has 3 aromatic carbocycles. The van der Waals surface area contributed by atoms with Crippen molar-refractivity contribution >= 4 is 17.8 Å². The Balaban J connectivity index is 1.63. The van der Waals surface area contributed by atoms with Gasteiger partial charge in [0.1, 0.15) is 18.3 Å². The lowest BCUT2D eigenvalue weighted by molar-refractivity contribution is 0.118. The molecule has 0 aliphatic rings. The van der Waals surface area contributed by atoms with Crippen LogP contribution in [0.2, 0.25) is 0 Å². The maximum atomic E-state index is 10.9. The van der Waals surface area contributed by atoms with E-state index in [1.807, 2.05) is 18.2 Å². The van der Waals surface area contributed by atoms with Crippen molar-refractivity contribution in [3.05, 3.63) is 108 Å². The summed E-state index contributed by atoms with van der Waals surface area (Å²) in [5.74, 6) is -0.164. The van der Waals surface area contributed by atoms with Crippen molar-refractivity contribution < 1.29 is 30.6 Å². The molecule has 222 valence electrons. The van der Waals surface area contributed by atoms with Gasteiger partial charge in [0, 0.05) is 0 Å². The van der Waals surface area contributed by atoms with Crippen molar-refractivity contribution in [2.45, 2.75) is 36.4 Å². The van der Waals surface area contributed by atoms with Gasteiger partial charge in [0.2, 0.25) is 17.8 Å². The van der Waals surface area contributed by atoms with Crippen molar-refractivity contribution in [1.82, 2.24) is 15.0 Å². The van der Waals surface area contributed by atoms with Crippen molar-refractivity contribution in [3.63, 3.8) is 0 Å². The minimum atomic E-state index is -1.11. The Hall–Kier alpha value is -4.17. The number of anilines is 3. The van der Waals surface area contributed by atoms with Gasteiger partial charge in [0.25, 0.3) is 0 Å². The van der Waals surface area contributed by atoms with Crippen molar-refractivity contribution in [2.24, 2.45) is 0 Å². The summed E-state index contributed by atoms with van der Waals surface area (Å²) in [7, 11) is 0. The molecule has 12 nitrogen and oxygen atoms in total. The fourth-order valence-electron chi connectivity index (χ4n) is 4.39. The Kier molecular flexibility index (Phi) is 11.1. The van der Waals surface area contributed by atoms with Crippen molar-refractivity contribution in [3.8, 4) is 0 Å². The van der Waals surface area contributed by atoms with Gasteiger partial charge in [-0.2, -0.15) is 15.0 Å². The molecule has 4 aromatic rings. The molecule has 1 heterocycles. The second-order valence-corrected chi connectivity index (χ2v) is 9.67. The first-order valence-electron chi connectivity index (χ1n) is 13.5. The predicted octanol–water partition coefficient (Wildman–Crippen LogP) is 1.39. The standard InChI is InChI=1S/C30H36N6O6/c37-16-22(25(40)19-10-4-1-5-11-19)31-28-34-29(32-23(17-38)26(41)20-12-6-2-7-13-20)36-30(35-28)33-24(18-39)27(42)21-14-8-3-9-15-21/h1-15,22-27,37-42H,16-18H2,(H3,31,32,33,34,35,36)/t22-,23-,24-,25-,26-,27-/m0/s1. The number of nitrogens with one attached hydrogen (secondary N) is 3. The number of aliphatic hydroxyl groups is 6. The molecular weight excluding hydrogens is 540 g/mol. The molecule has 0 aliphatic carbocycles. The fourth-order valence-corrected chi connectivity index (χ4v) is 4.39. The van der Waals surface area contributed by atoms with Gasteiger partial charge in [-0.3, -0.25) is 0 Å². The van der Waals surface area contributed by atoms with Crippen molar-refractivity contribution in [2.75, 3.05) is 35.8 Å². The molecule has 0 fully saturated rings. The molecule has 6 atom stereocenters. The van der Waals surface area contributed by atoms with Crippen LogP contribution in [0.15, 0.2) is 91.0 Å². The maximum absolute atomic E-state index is 10.9. The van der Waals surface area contributed by atoms with Crippen LogP contribution in [-0.2, 0) is 0 Å². The summed E-state index contributed by atoms with van der Waals surface area (Å²) in [5.41, 5.74) is 1.69. The van der Waals surface area contributed by atoms with Gasteiger partial charge in [-0.1, -0.05) is 91.0 Å². The van der Waals surface area contributed by atoms with Gasteiger partial charge in [-0.15, -0.1) is 0 Å². The monoisotopic (exact) mass is 576 g/mol. The third-order valence-corrected chi connectivity index (χ3v) is 6.74. The van der Waals surface area contributed by atoms with E-state index < -0.39 is 56.3 Å². The van der Waals surface area contributed by atoms with Gasteiger partial charge < -0.3 is 46.6 Å². The molecule has 0 saturated heterocycles. The lowest BCUT2D eigenvalue weighted by Crippen LogP contribution is -2.35. The maximum Gasteiger partial charge on any atom is 0.229 e. The Labute approximate surface area is 243 Å². The molecule has 0 aliphatic heterocycles. The van der Waals surface area contributed by atoms with E-state index in [1.165, 1.54) is 0 Å². The molecular formula is C30H36N6O6. The Morgan fingerprint density at radius 2 is 0.667 bits per heavy atom. The van der Waals surface area contributed by atoms with E-state index in [1.54, 1.807) is 72.8 Å². The Morgan fingerprint density at radius 3 is 0.881 bits per heavy atom. The lowest BCUT2D eigenvalue weighted by Gasteiger charge is -2.26. The molecule has 4 rings (SSSR count). The van der Waals surface area contributed by atoms with E-state index in [0.29, 0.717) is 16.7 Å². The van der Waals surface area contributed by atoms with E-state index in [2.05, 4.69) is 30.9 Å². The molecule has 0 amide bonds. The minimum Gasteiger partial charge on any atom is -0.394 e. The molecule has 9 N–H and O–H groups in total. The van der Waals surface area contributed by atoms with Crippen LogP contribution < -0.4 is 16.0 Å². The number of aliphatic hydroxyl groups excluding tert-OH is 6. The van der Waals surface area contributed by atoms with Crippen LogP contribution in [0.5, 0.6) is 0 Å². The van der Waals surface area contributed by atoms with Gasteiger partial charge in [-0.05, 0) is 16.7 Å². The number of nitrogens with zero attached hydrogens (tertiary/aromatic N) is 3. The molecule has 0 radical (unpaired) electrons. The van der Waals surface area contributed by atoms with E-state index in [9.17, 15) is 30.6 Å². The Morgan fingerprint density at radius 1 is 0.429 bits per heavy atom. The summed E-state index contributed by atoms with van der Waals surface area (Å²) < 4.78 is 0. The second-order valence-electron chi connectivity index (χ2n) is 9.67. The third-order valence-electron chi connectivity index (χ3n) is 6.74. The quantitative estimate of drug-likeness (QED) is 0.0988. The molecule has 0 bridgehead atoms. The number of rotatable bonds is 15. The zero-order valence-electron chi connectivity index (χ0n) is 22.8. The summed E-state index contributed by atoms with van der Waals surface area (Å²) in [6, 6.07) is 23.6. The van der Waals surface area contributed by atoms with Crippen LogP contribution in [0.3, 0.4) is 0 Å². The first-order valence-corrected chi connectivity index (χ1v) is 13.5. The Bertz CT molecular complexity index is 1180. The highest BCUT2D eigenvalue weighted by molar-refractivity contribution is 5.45. The largest absolute Gasteiger partial charge is 0.394 e. The van der Waals surface area contributed by atoms with Crippen LogP contribution in [0.1, 0.15) is 35.0 Å². The summed E-state index contributed by atoms with van der Waals surface area (Å²) in [4.78, 5) is 13.0. The summed E-state index contributed by atoms with van der Waals surface area (Å²) in [5, 5.41) is 71.6. The fraction of sp³-hybridized carbons (Fsp3) is 0.300. The first kappa shape index (κ1) is 30.8. The van der Waals surface area contributed by atoms with Gasteiger partial charge in [0.15, 0.2) is 0 Å². The average molecular weight is 577 g/mol. The van der Waals surface area contributed by atoms with Crippen LogP contribution in [0.4, 0.5) is 17.8 Å². The molecule has 12 heteroatoms. The van der Waals surface area contributed by atoms with E-state index in [-0.39, 0.29) is 17.8 Å². The third kappa shape index (κ3) is 7.97. The average Bonchev–Trinajstić information content (AvgIpc) is 3.05. The number of aromatic nitrogens is 3. The highest BCUT2D eigenvalue weighted by Gasteiger charge is 2.26. The topological polar surface area (TPSA) is 196 Å². The first-order chi connectivity index (χ1) is 20.4. The summed E-state index contributed by atoms with van der Waals surface area (Å²) in [6.07, 6.45) is -3.34. The normalized spacial score (nSPS) is 15.6. The molecule has 0 saturated carbocycles. The van der Waals surface area contributed by atoms with Crippen LogP contribution in [0, 0.1) is 0 Å². The van der Waals surface area contributed by atoms with E-state index in [0.717, 1.165) is 0 Å². The van der Waals surface area contributed by atoms with Crippen LogP contribution in [0.25, 0.3) is 0 Å². The van der Waals surface area contributed by atoms with Crippen LogP contribution in [-0.4, -0.2) is 83.5 Å². The van der Waals surface area contributed by atoms with E-state index in [4.69, 9.17) is 0 Å². The number of hydrogen-bond acceptors (Lipinski definition) is 12. The number of benzene rings is 3. The van der Waals surface area contributed by atoms with Crippen molar-refractivity contribution in [1.29, 1.82) is 0 Å². The zero-order chi connectivity index (χ0) is 29.9. The predicted molar refractivity (Wildman–Crippen MR) is 158 cm³/mol. The number of hydrogen-bond donors (Lipinski definition) is 9. The van der Waals surface area contributed by atoms with Gasteiger partial charge >= 0.3 is 0 Å². The van der Waals surface area contributed by atoms with Crippen LogP contribution >= 0.6 is 0 Å². The molecule has 1 aromatic heterocycles. The lowest BCUT2D eigenvalue weighted by atomic mass is 10.0. The van der Waals surface area contributed by atoms with Gasteiger partial charge in [-0.25, -0.2) is 0 Å². The zero-order valence-corrected chi connectivity index (χ0v) is 22.8. The summed E-state index contributed by atoms with van der Waals surface area (Å²) >= 11 is 0. The SMILES string of the molecule is OC[C@H](Nc1nc(N[C@@H](CO)[C@@H](O)c2ccccc2)nc(N[C@@H](CO)[C@@H](O)c2ccccc2)n1)[C@@H](O)c1ccccc1. The molecule has 0 unspecified atom stereocenters. The molecule has 42 heavy (non-hydrogen) atoms. The van der Waals surface area contributed by atoms with E-state index >= 15 is 0 Å².